The number of nitrogens with one attached hydrogen (secondary N) is 1. The van der Waals surface area contributed by atoms with E-state index in [4.69, 9.17) is 0 Å². The Hall–Kier alpha value is -1.34. The second-order valence-electron chi connectivity index (χ2n) is 3.76. The monoisotopic (exact) mass is 345 g/mol. The highest BCUT2D eigenvalue weighted by atomic mass is 32.2. The normalized spacial score (nSPS) is 17.0. The van der Waals surface area contributed by atoms with Crippen LogP contribution in [0, 0.1) is 0 Å². The van der Waals surface area contributed by atoms with Crippen molar-refractivity contribution in [2.75, 3.05) is 0 Å². The van der Waals surface area contributed by atoms with Crippen molar-refractivity contribution in [1.82, 2.24) is 4.72 Å². The minimum absolute atomic E-state index is 0.679. The summed E-state index contributed by atoms with van der Waals surface area (Å²) in [5.41, 5.74) is -0.679. The SMILES string of the molecule is NS(=O)(=O)C(NS(=O)[O-])(C(=O)c1ccccc1)C(F)(F)F. The summed E-state index contributed by atoms with van der Waals surface area (Å²) in [6, 6.07) is 5.49. The number of sulfonamides is 1. The van der Waals surface area contributed by atoms with E-state index < -0.39 is 43.7 Å². The van der Waals surface area contributed by atoms with E-state index in [0.29, 0.717) is 4.72 Å². The number of Topliss-reactive ketones (excluding diaryl/α,β-unsaturated/α-hetero) is 1. The molecule has 0 spiro atoms. The summed E-state index contributed by atoms with van der Waals surface area (Å²) in [5, 5.41) is 4.48. The molecule has 0 aromatic heterocycles. The van der Waals surface area contributed by atoms with Crippen molar-refractivity contribution in [3.8, 4) is 0 Å². The second-order valence-corrected chi connectivity index (χ2v) is 6.13. The van der Waals surface area contributed by atoms with Crippen LogP contribution in [0.2, 0.25) is 0 Å². The fourth-order valence-corrected chi connectivity index (χ4v) is 3.30. The number of carbonyl (C=O) groups excluding carboxylic acids is 1. The van der Waals surface area contributed by atoms with Gasteiger partial charge in [0.15, 0.2) is 0 Å². The Morgan fingerprint density at radius 1 is 1.24 bits per heavy atom. The first-order valence-corrected chi connectivity index (χ1v) is 7.61. The van der Waals surface area contributed by atoms with Gasteiger partial charge in [0, 0.05) is 16.8 Å². The quantitative estimate of drug-likeness (QED) is 0.564. The van der Waals surface area contributed by atoms with Crippen molar-refractivity contribution in [3.63, 3.8) is 0 Å². The molecule has 7 nitrogen and oxygen atoms in total. The Balaban J connectivity index is 3.66. The van der Waals surface area contributed by atoms with Crippen molar-refractivity contribution in [1.29, 1.82) is 0 Å². The molecule has 0 heterocycles. The van der Waals surface area contributed by atoms with Crippen molar-refractivity contribution < 1.29 is 35.1 Å². The molecule has 2 unspecified atom stereocenters. The highest BCUT2D eigenvalue weighted by Crippen LogP contribution is 2.36. The fraction of sp³-hybridized carbons (Fsp3) is 0.222. The fourth-order valence-electron chi connectivity index (χ4n) is 1.49. The highest BCUT2D eigenvalue weighted by molar-refractivity contribution is 7.92. The first-order chi connectivity index (χ1) is 9.43. The van der Waals surface area contributed by atoms with Crippen LogP contribution in [0.25, 0.3) is 0 Å². The maximum atomic E-state index is 13.2. The van der Waals surface area contributed by atoms with Crippen LogP contribution in [0.15, 0.2) is 30.3 Å². The lowest BCUT2D eigenvalue weighted by Gasteiger charge is -2.33. The van der Waals surface area contributed by atoms with E-state index in [1.807, 2.05) is 0 Å². The van der Waals surface area contributed by atoms with Gasteiger partial charge in [-0.25, -0.2) is 18.3 Å². The van der Waals surface area contributed by atoms with Crippen LogP contribution in [0.5, 0.6) is 0 Å². The Labute approximate surface area is 119 Å². The average molecular weight is 345 g/mol. The molecule has 1 aromatic carbocycles. The molecule has 0 saturated carbocycles. The molecule has 0 radical (unpaired) electrons. The Morgan fingerprint density at radius 3 is 2.05 bits per heavy atom. The van der Waals surface area contributed by atoms with E-state index in [-0.39, 0.29) is 0 Å². The van der Waals surface area contributed by atoms with Crippen molar-refractivity contribution in [2.24, 2.45) is 5.14 Å². The van der Waals surface area contributed by atoms with Gasteiger partial charge in [0.1, 0.15) is 0 Å². The lowest BCUT2D eigenvalue weighted by atomic mass is 10.0. The van der Waals surface area contributed by atoms with Gasteiger partial charge in [-0.2, -0.15) is 13.2 Å². The zero-order valence-corrected chi connectivity index (χ0v) is 11.6. The molecule has 0 aliphatic heterocycles. The third-order valence-corrected chi connectivity index (χ3v) is 4.38. The minimum atomic E-state index is -5.81. The Kier molecular flexibility index (Phi) is 4.90. The Morgan fingerprint density at radius 2 is 1.71 bits per heavy atom. The Bertz CT molecular complexity index is 662. The smallest absolute Gasteiger partial charge is 0.431 e. The lowest BCUT2D eigenvalue weighted by molar-refractivity contribution is -0.152. The van der Waals surface area contributed by atoms with E-state index in [9.17, 15) is 35.1 Å². The molecular formula is C9H8F3N2O5S2-. The van der Waals surface area contributed by atoms with Crippen LogP contribution < -0.4 is 9.86 Å². The first-order valence-electron chi connectivity index (χ1n) is 4.99. The zero-order valence-electron chi connectivity index (χ0n) is 9.96. The molecule has 0 bridgehead atoms. The number of carbonyl (C=O) groups is 1. The maximum absolute atomic E-state index is 13.2. The maximum Gasteiger partial charge on any atom is 0.431 e. The second kappa shape index (κ2) is 5.81. The number of halogens is 3. The summed E-state index contributed by atoms with van der Waals surface area (Å²) in [4.78, 5) is 7.49. The first kappa shape index (κ1) is 17.7. The molecule has 0 fully saturated rings. The number of alkyl halides is 3. The van der Waals surface area contributed by atoms with Gasteiger partial charge in [0.05, 0.1) is 0 Å². The molecule has 1 rings (SSSR count). The van der Waals surface area contributed by atoms with Crippen molar-refractivity contribution in [2.45, 2.75) is 11.0 Å². The molecule has 0 saturated heterocycles. The van der Waals surface area contributed by atoms with E-state index in [0.717, 1.165) is 12.1 Å². The van der Waals surface area contributed by atoms with Crippen LogP contribution >= 0.6 is 0 Å². The van der Waals surface area contributed by atoms with Gasteiger partial charge < -0.3 is 4.55 Å². The molecule has 3 N–H and O–H groups in total. The number of hydrogen-bond acceptors (Lipinski definition) is 5. The van der Waals surface area contributed by atoms with Gasteiger partial charge in [-0.05, 0) is 0 Å². The molecular weight excluding hydrogens is 337 g/mol. The molecule has 0 amide bonds. The van der Waals surface area contributed by atoms with E-state index in [1.165, 1.54) is 18.2 Å². The predicted octanol–water partition coefficient (Wildman–Crippen LogP) is -0.200. The van der Waals surface area contributed by atoms with Gasteiger partial charge in [-0.3, -0.25) is 9.00 Å². The van der Waals surface area contributed by atoms with Crippen LogP contribution in [0.4, 0.5) is 13.2 Å². The van der Waals surface area contributed by atoms with Gasteiger partial charge in [0.25, 0.3) is 0 Å². The van der Waals surface area contributed by atoms with Crippen LogP contribution in [0.1, 0.15) is 10.4 Å². The van der Waals surface area contributed by atoms with E-state index in [1.54, 1.807) is 0 Å². The highest BCUT2D eigenvalue weighted by Gasteiger charge is 2.68. The molecule has 2 atom stereocenters. The summed E-state index contributed by atoms with van der Waals surface area (Å²) in [6.45, 7) is 0. The van der Waals surface area contributed by atoms with Crippen molar-refractivity contribution in [3.05, 3.63) is 35.9 Å². The predicted molar refractivity (Wildman–Crippen MR) is 64.7 cm³/mol. The van der Waals surface area contributed by atoms with Gasteiger partial charge >= 0.3 is 11.0 Å². The number of ketones is 1. The molecule has 21 heavy (non-hydrogen) atoms. The summed E-state index contributed by atoms with van der Waals surface area (Å²) in [5.74, 6) is -2.05. The summed E-state index contributed by atoms with van der Waals surface area (Å²) >= 11 is -3.72. The molecule has 0 aliphatic carbocycles. The average Bonchev–Trinajstić information content (AvgIpc) is 2.33. The third-order valence-electron chi connectivity index (χ3n) is 2.41. The lowest BCUT2D eigenvalue weighted by Crippen LogP contribution is -2.69. The molecule has 12 heteroatoms. The summed E-state index contributed by atoms with van der Waals surface area (Å²) in [7, 11) is -5.71. The molecule has 1 aromatic rings. The third kappa shape index (κ3) is 3.29. The zero-order chi connectivity index (χ0) is 16.5. The number of primary sulfonamides is 1. The summed E-state index contributed by atoms with van der Waals surface area (Å²) in [6.07, 6.45) is -5.81. The number of rotatable bonds is 5. The van der Waals surface area contributed by atoms with Crippen molar-refractivity contribution >= 4 is 27.1 Å². The molecule has 118 valence electrons. The largest absolute Gasteiger partial charge is 0.760 e. The number of benzene rings is 1. The van der Waals surface area contributed by atoms with Gasteiger partial charge in [-0.15, -0.1) is 0 Å². The van der Waals surface area contributed by atoms with Crippen LogP contribution in [-0.4, -0.2) is 34.0 Å². The topological polar surface area (TPSA) is 129 Å². The minimum Gasteiger partial charge on any atom is -0.760 e. The standard InChI is InChI=1S/C9H9F3N2O5S2/c10-9(11,12)8(14-20(16)17,21(13,18)19)7(15)6-4-2-1-3-5-6/h1-5,14H,(H,16,17)(H2,13,18,19)/p-1. The van der Waals surface area contributed by atoms with Gasteiger partial charge in [0.2, 0.25) is 15.8 Å². The van der Waals surface area contributed by atoms with Crippen LogP contribution in [-0.2, 0) is 21.3 Å². The van der Waals surface area contributed by atoms with Gasteiger partial charge in [-0.1, -0.05) is 30.3 Å². The molecule has 0 aliphatic rings. The summed E-state index contributed by atoms with van der Waals surface area (Å²) < 4.78 is 84.0. The number of nitrogens with two attached hydrogens (primary N) is 1. The van der Waals surface area contributed by atoms with E-state index in [2.05, 4.69) is 5.14 Å². The number of hydrogen-bond donors (Lipinski definition) is 2. The van der Waals surface area contributed by atoms with E-state index >= 15 is 0 Å². The van der Waals surface area contributed by atoms with Crippen LogP contribution in [0.3, 0.4) is 0 Å².